The van der Waals surface area contributed by atoms with Crippen LogP contribution in [0.5, 0.6) is 0 Å². The van der Waals surface area contributed by atoms with Crippen LogP contribution in [0.4, 0.5) is 5.82 Å². The highest BCUT2D eigenvalue weighted by atomic mass is 32.2. The van der Waals surface area contributed by atoms with Crippen LogP contribution in [-0.4, -0.2) is 24.7 Å². The van der Waals surface area contributed by atoms with Crippen molar-refractivity contribution in [3.05, 3.63) is 24.0 Å². The van der Waals surface area contributed by atoms with E-state index in [1.807, 2.05) is 14.0 Å². The molecule has 0 aliphatic carbocycles. The Labute approximate surface area is 113 Å². The summed E-state index contributed by atoms with van der Waals surface area (Å²) in [6.07, 6.45) is 3.28. The first-order valence-electron chi connectivity index (χ1n) is 5.62. The second kappa shape index (κ2) is 4.54. The summed E-state index contributed by atoms with van der Waals surface area (Å²) in [5.41, 5.74) is 7.47. The molecule has 0 aromatic carbocycles. The molecule has 3 heterocycles. The van der Waals surface area contributed by atoms with Crippen LogP contribution in [0.15, 0.2) is 22.1 Å². The van der Waals surface area contributed by atoms with Gasteiger partial charge in [0.1, 0.15) is 17.9 Å². The molecule has 0 unspecified atom stereocenters. The minimum absolute atomic E-state index is 0.442. The molecule has 0 fully saturated rings. The Morgan fingerprint density at radius 3 is 2.95 bits per heavy atom. The fraction of sp³-hybridized carbons (Fsp3) is 0.273. The number of hydrogen-bond donors (Lipinski definition) is 1. The number of nitrogens with two attached hydrogens (primary N) is 1. The maximum Gasteiger partial charge on any atom is 0.256 e. The van der Waals surface area contributed by atoms with Crippen molar-refractivity contribution in [3.8, 4) is 0 Å². The minimum Gasteiger partial charge on any atom is -0.440 e. The molecule has 0 atom stereocenters. The highest BCUT2D eigenvalue weighted by Crippen LogP contribution is 2.23. The van der Waals surface area contributed by atoms with Gasteiger partial charge in [0.05, 0.1) is 23.0 Å². The topological polar surface area (TPSA) is 95.7 Å². The maximum absolute atomic E-state index is 5.89. The van der Waals surface area contributed by atoms with Crippen LogP contribution in [0, 0.1) is 6.92 Å². The third kappa shape index (κ3) is 2.26. The zero-order valence-electron chi connectivity index (χ0n) is 10.5. The lowest BCUT2D eigenvalue weighted by Crippen LogP contribution is -2.01. The van der Waals surface area contributed by atoms with Gasteiger partial charge in [0.15, 0.2) is 5.65 Å². The molecule has 3 aromatic heterocycles. The van der Waals surface area contributed by atoms with E-state index in [1.165, 1.54) is 11.8 Å². The summed E-state index contributed by atoms with van der Waals surface area (Å²) in [7, 11) is 1.82. The molecular weight excluding hydrogens is 264 g/mol. The SMILES string of the molecule is Cc1coc(SCc2nc(N)c3cnn(C)c3n2)n1. The molecule has 19 heavy (non-hydrogen) atoms. The molecule has 0 aliphatic heterocycles. The Morgan fingerprint density at radius 2 is 2.21 bits per heavy atom. The fourth-order valence-electron chi connectivity index (χ4n) is 1.68. The van der Waals surface area contributed by atoms with E-state index in [2.05, 4.69) is 20.1 Å². The first-order valence-corrected chi connectivity index (χ1v) is 6.61. The van der Waals surface area contributed by atoms with E-state index in [1.54, 1.807) is 17.1 Å². The van der Waals surface area contributed by atoms with E-state index in [0.717, 1.165) is 16.7 Å². The summed E-state index contributed by atoms with van der Waals surface area (Å²) in [5, 5.41) is 5.48. The van der Waals surface area contributed by atoms with E-state index in [9.17, 15) is 0 Å². The summed E-state index contributed by atoms with van der Waals surface area (Å²) in [6.45, 7) is 1.88. The molecule has 0 saturated carbocycles. The molecule has 0 radical (unpaired) electrons. The van der Waals surface area contributed by atoms with Crippen LogP contribution in [0.25, 0.3) is 11.0 Å². The molecule has 0 aliphatic rings. The van der Waals surface area contributed by atoms with E-state index >= 15 is 0 Å². The highest BCUT2D eigenvalue weighted by Gasteiger charge is 2.10. The molecule has 3 aromatic rings. The molecule has 2 N–H and O–H groups in total. The average molecular weight is 276 g/mol. The number of rotatable bonds is 3. The number of anilines is 1. The Bertz CT molecular complexity index is 734. The van der Waals surface area contributed by atoms with Gasteiger partial charge in [-0.25, -0.2) is 15.0 Å². The van der Waals surface area contributed by atoms with Gasteiger partial charge in [-0.05, 0) is 6.92 Å². The molecule has 0 spiro atoms. The zero-order chi connectivity index (χ0) is 13.4. The lowest BCUT2D eigenvalue weighted by molar-refractivity contribution is 0.454. The summed E-state index contributed by atoms with van der Waals surface area (Å²) >= 11 is 1.43. The van der Waals surface area contributed by atoms with Gasteiger partial charge in [-0.15, -0.1) is 0 Å². The lowest BCUT2D eigenvalue weighted by atomic mass is 10.4. The maximum atomic E-state index is 5.89. The van der Waals surface area contributed by atoms with Crippen molar-refractivity contribution >= 4 is 28.6 Å². The van der Waals surface area contributed by atoms with Crippen LogP contribution in [0.2, 0.25) is 0 Å². The van der Waals surface area contributed by atoms with E-state index in [-0.39, 0.29) is 0 Å². The predicted octanol–water partition coefficient (Wildman–Crippen LogP) is 1.53. The quantitative estimate of drug-likeness (QED) is 0.725. The fourth-order valence-corrected chi connectivity index (χ4v) is 2.39. The monoisotopic (exact) mass is 276 g/mol. The Morgan fingerprint density at radius 1 is 1.37 bits per heavy atom. The number of hydrogen-bond acceptors (Lipinski definition) is 7. The molecule has 98 valence electrons. The van der Waals surface area contributed by atoms with Gasteiger partial charge in [-0.3, -0.25) is 4.68 Å². The number of oxazole rings is 1. The van der Waals surface area contributed by atoms with Gasteiger partial charge in [-0.1, -0.05) is 11.8 Å². The number of nitrogens with zero attached hydrogens (tertiary/aromatic N) is 5. The van der Waals surface area contributed by atoms with Crippen molar-refractivity contribution in [3.63, 3.8) is 0 Å². The molecule has 3 rings (SSSR count). The third-order valence-electron chi connectivity index (χ3n) is 2.59. The summed E-state index contributed by atoms with van der Waals surface area (Å²) < 4.78 is 6.94. The first kappa shape index (κ1) is 12.0. The lowest BCUT2D eigenvalue weighted by Gasteiger charge is -2.01. The highest BCUT2D eigenvalue weighted by molar-refractivity contribution is 7.98. The van der Waals surface area contributed by atoms with Gasteiger partial charge >= 0.3 is 0 Å². The van der Waals surface area contributed by atoms with Crippen molar-refractivity contribution in [2.75, 3.05) is 5.73 Å². The Balaban J connectivity index is 1.86. The van der Waals surface area contributed by atoms with Gasteiger partial charge in [-0.2, -0.15) is 5.10 Å². The predicted molar refractivity (Wildman–Crippen MR) is 71.5 cm³/mol. The van der Waals surface area contributed by atoms with Crippen molar-refractivity contribution in [2.24, 2.45) is 7.05 Å². The van der Waals surface area contributed by atoms with Crippen LogP contribution in [0.1, 0.15) is 11.5 Å². The van der Waals surface area contributed by atoms with E-state index < -0.39 is 0 Å². The number of aromatic nitrogens is 5. The largest absolute Gasteiger partial charge is 0.440 e. The van der Waals surface area contributed by atoms with Crippen molar-refractivity contribution in [2.45, 2.75) is 17.9 Å². The Kier molecular flexibility index (Phi) is 2.86. The standard InChI is InChI=1S/C11H12N6OS/c1-6-4-18-11(14-6)19-5-8-15-9(12)7-3-13-17(2)10(7)16-8/h3-4H,5H2,1-2H3,(H2,12,15,16). The first-order chi connectivity index (χ1) is 9.13. The van der Waals surface area contributed by atoms with Crippen LogP contribution in [-0.2, 0) is 12.8 Å². The van der Waals surface area contributed by atoms with Crippen molar-refractivity contribution < 1.29 is 4.42 Å². The smallest absolute Gasteiger partial charge is 0.256 e. The second-order valence-electron chi connectivity index (χ2n) is 4.07. The summed E-state index contributed by atoms with van der Waals surface area (Å²) in [4.78, 5) is 12.9. The second-order valence-corrected chi connectivity index (χ2v) is 5.00. The molecular formula is C11H12N6OS. The van der Waals surface area contributed by atoms with E-state index in [0.29, 0.717) is 22.6 Å². The summed E-state index contributed by atoms with van der Waals surface area (Å²) in [6, 6.07) is 0. The average Bonchev–Trinajstić information content (AvgIpc) is 2.95. The number of aryl methyl sites for hydroxylation is 2. The third-order valence-corrected chi connectivity index (χ3v) is 3.43. The van der Waals surface area contributed by atoms with Gasteiger partial charge in [0.2, 0.25) is 0 Å². The normalized spacial score (nSPS) is 11.3. The molecule has 8 heteroatoms. The minimum atomic E-state index is 0.442. The van der Waals surface area contributed by atoms with Crippen molar-refractivity contribution in [1.82, 2.24) is 24.7 Å². The van der Waals surface area contributed by atoms with Crippen LogP contribution < -0.4 is 5.73 Å². The zero-order valence-corrected chi connectivity index (χ0v) is 11.3. The van der Waals surface area contributed by atoms with Gasteiger partial charge in [0, 0.05) is 7.05 Å². The van der Waals surface area contributed by atoms with E-state index in [4.69, 9.17) is 10.2 Å². The molecule has 0 bridgehead atoms. The summed E-state index contributed by atoms with van der Waals surface area (Å²) in [5.74, 6) is 1.62. The van der Waals surface area contributed by atoms with Crippen molar-refractivity contribution in [1.29, 1.82) is 0 Å². The number of fused-ring (bicyclic) bond motifs is 1. The Hall–Kier alpha value is -2.09. The molecule has 0 saturated heterocycles. The van der Waals surface area contributed by atoms with Gasteiger partial charge in [0.25, 0.3) is 5.22 Å². The number of thioether (sulfide) groups is 1. The molecule has 0 amide bonds. The molecule has 7 nitrogen and oxygen atoms in total. The van der Waals surface area contributed by atoms with Crippen LogP contribution >= 0.6 is 11.8 Å². The van der Waals surface area contributed by atoms with Crippen LogP contribution in [0.3, 0.4) is 0 Å². The number of nitrogen functional groups attached to an aromatic ring is 1. The van der Waals surface area contributed by atoms with Gasteiger partial charge < -0.3 is 10.2 Å².